The minimum Gasteiger partial charge on any atom is -0.493 e. The molecule has 1 aromatic heterocycles. The predicted molar refractivity (Wildman–Crippen MR) is 75.6 cm³/mol. The second-order valence-electron chi connectivity index (χ2n) is 3.78. The van der Waals surface area contributed by atoms with Crippen molar-refractivity contribution in [2.75, 3.05) is 12.0 Å². The van der Waals surface area contributed by atoms with E-state index in [1.54, 1.807) is 6.07 Å². The highest BCUT2D eigenvalue weighted by atomic mass is 32.1. The van der Waals surface area contributed by atoms with Gasteiger partial charge in [-0.1, -0.05) is 0 Å². The number of rotatable bonds is 5. The Morgan fingerprint density at radius 1 is 1.53 bits per heavy atom. The number of hydrogen-bond acceptors (Lipinski definition) is 5. The molecule has 0 fully saturated rings. The lowest BCUT2D eigenvalue weighted by Crippen LogP contribution is -1.98. The van der Waals surface area contributed by atoms with E-state index in [1.807, 2.05) is 19.2 Å². The number of halogens is 1. The second-order valence-corrected chi connectivity index (χ2v) is 4.64. The summed E-state index contributed by atoms with van der Waals surface area (Å²) in [6.07, 6.45) is 1.52. The van der Waals surface area contributed by atoms with Gasteiger partial charge in [-0.15, -0.1) is 11.3 Å². The molecule has 0 unspecified atom stereocenters. The van der Waals surface area contributed by atoms with Crippen LogP contribution >= 0.6 is 11.3 Å². The number of hydrazone groups is 1. The van der Waals surface area contributed by atoms with Gasteiger partial charge in [0, 0.05) is 10.9 Å². The number of anilines is 1. The number of ether oxygens (including phenoxy) is 1. The normalized spacial score (nSPS) is 10.9. The first kappa shape index (κ1) is 13.5. The van der Waals surface area contributed by atoms with E-state index in [0.29, 0.717) is 23.1 Å². The largest absolute Gasteiger partial charge is 0.493 e. The third-order valence-corrected chi connectivity index (χ3v) is 3.12. The van der Waals surface area contributed by atoms with Crippen molar-refractivity contribution in [3.05, 3.63) is 40.7 Å². The van der Waals surface area contributed by atoms with Gasteiger partial charge in [0.1, 0.15) is 11.6 Å². The van der Waals surface area contributed by atoms with E-state index < -0.39 is 0 Å². The molecule has 1 aromatic carbocycles. The van der Waals surface area contributed by atoms with Crippen molar-refractivity contribution >= 4 is 22.7 Å². The van der Waals surface area contributed by atoms with Crippen LogP contribution in [-0.4, -0.2) is 17.8 Å². The van der Waals surface area contributed by atoms with Crippen molar-refractivity contribution in [3.8, 4) is 5.75 Å². The van der Waals surface area contributed by atoms with Crippen molar-refractivity contribution in [1.82, 2.24) is 4.98 Å². The summed E-state index contributed by atoms with van der Waals surface area (Å²) in [5.74, 6) is 0.278. The van der Waals surface area contributed by atoms with Gasteiger partial charge >= 0.3 is 0 Å². The summed E-state index contributed by atoms with van der Waals surface area (Å²) in [5.41, 5.74) is 4.32. The summed E-state index contributed by atoms with van der Waals surface area (Å²) in [6, 6.07) is 4.33. The molecule has 0 saturated heterocycles. The topological polar surface area (TPSA) is 46.5 Å². The third kappa shape index (κ3) is 3.75. The lowest BCUT2D eigenvalue weighted by Gasteiger charge is -2.06. The molecule has 6 heteroatoms. The first-order valence-corrected chi connectivity index (χ1v) is 6.70. The van der Waals surface area contributed by atoms with E-state index in [2.05, 4.69) is 15.5 Å². The molecule has 0 radical (unpaired) electrons. The molecule has 100 valence electrons. The van der Waals surface area contributed by atoms with E-state index in [1.165, 1.54) is 29.7 Å². The molecule has 0 spiro atoms. The molecule has 1 N–H and O–H groups in total. The fourth-order valence-electron chi connectivity index (χ4n) is 1.47. The van der Waals surface area contributed by atoms with Crippen LogP contribution in [0.5, 0.6) is 5.75 Å². The van der Waals surface area contributed by atoms with Crippen LogP contribution in [0, 0.1) is 12.7 Å². The van der Waals surface area contributed by atoms with Gasteiger partial charge in [0.05, 0.1) is 18.5 Å². The highest BCUT2D eigenvalue weighted by Gasteiger charge is 2.03. The Morgan fingerprint density at radius 2 is 2.37 bits per heavy atom. The van der Waals surface area contributed by atoms with E-state index in [4.69, 9.17) is 4.74 Å². The molecule has 0 atom stereocenters. The van der Waals surface area contributed by atoms with E-state index in [9.17, 15) is 4.39 Å². The molecule has 2 rings (SSSR count). The molecule has 0 saturated carbocycles. The van der Waals surface area contributed by atoms with Gasteiger partial charge in [-0.3, -0.25) is 5.43 Å². The zero-order valence-corrected chi connectivity index (χ0v) is 11.5. The Morgan fingerprint density at radius 3 is 3.05 bits per heavy atom. The molecule has 4 nitrogen and oxygen atoms in total. The van der Waals surface area contributed by atoms with Gasteiger partial charge in [-0.2, -0.15) is 5.10 Å². The van der Waals surface area contributed by atoms with E-state index >= 15 is 0 Å². The highest BCUT2D eigenvalue weighted by molar-refractivity contribution is 7.13. The van der Waals surface area contributed by atoms with Crippen LogP contribution in [0.3, 0.4) is 0 Å². The molecule has 0 aliphatic heterocycles. The number of benzene rings is 1. The number of aryl methyl sites for hydroxylation is 1. The molecule has 0 amide bonds. The van der Waals surface area contributed by atoms with Crippen molar-refractivity contribution in [1.29, 1.82) is 0 Å². The molecule has 0 bridgehead atoms. The van der Waals surface area contributed by atoms with E-state index in [-0.39, 0.29) is 5.82 Å². The van der Waals surface area contributed by atoms with Gasteiger partial charge in [0.15, 0.2) is 0 Å². The zero-order valence-electron chi connectivity index (χ0n) is 10.7. The maximum Gasteiger partial charge on any atom is 0.203 e. The summed E-state index contributed by atoms with van der Waals surface area (Å²) in [7, 11) is 0. The molecule has 1 heterocycles. The van der Waals surface area contributed by atoms with Crippen LogP contribution in [0.25, 0.3) is 0 Å². The highest BCUT2D eigenvalue weighted by Crippen LogP contribution is 2.18. The third-order valence-electron chi connectivity index (χ3n) is 2.25. The van der Waals surface area contributed by atoms with E-state index in [0.717, 1.165) is 5.69 Å². The molecular formula is C13H14FN3OS. The van der Waals surface area contributed by atoms with Crippen molar-refractivity contribution in [3.63, 3.8) is 0 Å². The predicted octanol–water partition coefficient (Wildman–Crippen LogP) is 3.44. The molecular weight excluding hydrogens is 265 g/mol. The van der Waals surface area contributed by atoms with Gasteiger partial charge in [-0.25, -0.2) is 9.37 Å². The van der Waals surface area contributed by atoms with Gasteiger partial charge < -0.3 is 4.74 Å². The number of nitrogens with zero attached hydrogens (tertiary/aromatic N) is 2. The molecule has 2 aromatic rings. The Kier molecular flexibility index (Phi) is 4.46. The first-order valence-electron chi connectivity index (χ1n) is 5.82. The van der Waals surface area contributed by atoms with Gasteiger partial charge in [0.25, 0.3) is 0 Å². The number of thiazole rings is 1. The minimum atomic E-state index is -0.324. The number of aromatic nitrogens is 1. The zero-order chi connectivity index (χ0) is 13.7. The monoisotopic (exact) mass is 279 g/mol. The van der Waals surface area contributed by atoms with Crippen LogP contribution in [0.4, 0.5) is 9.52 Å². The summed E-state index contributed by atoms with van der Waals surface area (Å²) in [6.45, 7) is 4.30. The van der Waals surface area contributed by atoms with Crippen LogP contribution in [0.1, 0.15) is 18.2 Å². The van der Waals surface area contributed by atoms with Crippen molar-refractivity contribution in [2.45, 2.75) is 13.8 Å². The lowest BCUT2D eigenvalue weighted by atomic mass is 10.2. The van der Waals surface area contributed by atoms with Gasteiger partial charge in [-0.05, 0) is 32.0 Å². The second kappa shape index (κ2) is 6.29. The standard InChI is InChI=1S/C13H14FN3OS/c1-3-18-12-5-4-11(14)6-10(12)7-15-17-13-16-9(2)8-19-13/h4-8H,3H2,1-2H3,(H,16,17). The average Bonchev–Trinajstić information content (AvgIpc) is 2.79. The molecule has 19 heavy (non-hydrogen) atoms. The first-order chi connectivity index (χ1) is 9.19. The maximum atomic E-state index is 13.2. The van der Waals surface area contributed by atoms with Crippen LogP contribution in [-0.2, 0) is 0 Å². The average molecular weight is 279 g/mol. The Labute approximate surface area is 115 Å². The fourth-order valence-corrected chi connectivity index (χ4v) is 2.11. The summed E-state index contributed by atoms with van der Waals surface area (Å²) in [5, 5.41) is 6.66. The maximum absolute atomic E-state index is 13.2. The van der Waals surface area contributed by atoms with Crippen LogP contribution < -0.4 is 10.2 Å². The SMILES string of the molecule is CCOc1ccc(F)cc1C=NNc1nc(C)cs1. The Bertz CT molecular complexity index is 583. The summed E-state index contributed by atoms with van der Waals surface area (Å²) in [4.78, 5) is 4.21. The molecule has 0 aliphatic rings. The fraction of sp³-hybridized carbons (Fsp3) is 0.231. The van der Waals surface area contributed by atoms with Crippen LogP contribution in [0.15, 0.2) is 28.7 Å². The Hall–Kier alpha value is -1.95. The summed E-state index contributed by atoms with van der Waals surface area (Å²) < 4.78 is 18.6. The lowest BCUT2D eigenvalue weighted by molar-refractivity contribution is 0.339. The minimum absolute atomic E-state index is 0.324. The van der Waals surface area contributed by atoms with Crippen molar-refractivity contribution in [2.24, 2.45) is 5.10 Å². The Balaban J connectivity index is 2.10. The quantitative estimate of drug-likeness (QED) is 0.673. The smallest absolute Gasteiger partial charge is 0.203 e. The van der Waals surface area contributed by atoms with Gasteiger partial charge in [0.2, 0.25) is 5.13 Å². The number of hydrogen-bond donors (Lipinski definition) is 1. The number of nitrogens with one attached hydrogen (secondary N) is 1. The summed E-state index contributed by atoms with van der Waals surface area (Å²) >= 11 is 1.46. The van der Waals surface area contributed by atoms with Crippen molar-refractivity contribution < 1.29 is 9.13 Å². The van der Waals surface area contributed by atoms with Crippen LogP contribution in [0.2, 0.25) is 0 Å². The molecule has 0 aliphatic carbocycles.